The lowest BCUT2D eigenvalue weighted by Crippen LogP contribution is -2.57. The van der Waals surface area contributed by atoms with Crippen LogP contribution in [-0.2, 0) is 0 Å². The van der Waals surface area contributed by atoms with Crippen molar-refractivity contribution in [2.75, 3.05) is 0 Å². The standard InChI is InChI=1S/C30H48O/c1-20(2)9-8-10-21(3)22-13-15-28(7)24-12-11-23-26(4,5)25(31)14-16-29(23)19-30(24,29)18-17-27(22,28)6/h9,13,21,23-25,31H,8,10-12,14-19H2,1-7H3/t21-,23+,24+,25+,27-,28+,29-,30+/m1/s1. The van der Waals surface area contributed by atoms with Gasteiger partial charge in [0.2, 0.25) is 0 Å². The maximum Gasteiger partial charge on any atom is 0.0594 e. The molecule has 4 saturated carbocycles. The Labute approximate surface area is 192 Å². The van der Waals surface area contributed by atoms with Gasteiger partial charge in [-0.15, -0.1) is 0 Å². The first-order chi connectivity index (χ1) is 14.4. The summed E-state index contributed by atoms with van der Waals surface area (Å²) in [5.74, 6) is 2.34. The van der Waals surface area contributed by atoms with Gasteiger partial charge in [0.05, 0.1) is 6.10 Å². The third-order valence-electron chi connectivity index (χ3n) is 12.4. The Morgan fingerprint density at radius 1 is 1.03 bits per heavy atom. The summed E-state index contributed by atoms with van der Waals surface area (Å²) in [7, 11) is 0. The zero-order valence-corrected chi connectivity index (χ0v) is 21.5. The maximum absolute atomic E-state index is 10.8. The molecule has 4 fully saturated rings. The van der Waals surface area contributed by atoms with Gasteiger partial charge in [0.1, 0.15) is 0 Å². The molecule has 0 bridgehead atoms. The molecule has 5 aliphatic carbocycles. The predicted octanol–water partition coefficient (Wildman–Crippen LogP) is 8.09. The molecular formula is C30H48O. The van der Waals surface area contributed by atoms with Crippen molar-refractivity contribution in [2.24, 2.45) is 44.8 Å². The van der Waals surface area contributed by atoms with E-state index in [2.05, 4.69) is 60.6 Å². The number of hydrogen-bond acceptors (Lipinski definition) is 1. The summed E-state index contributed by atoms with van der Waals surface area (Å²) in [6.45, 7) is 17.1. The third kappa shape index (κ3) is 2.65. The van der Waals surface area contributed by atoms with Crippen molar-refractivity contribution in [2.45, 2.75) is 119 Å². The van der Waals surface area contributed by atoms with E-state index < -0.39 is 0 Å². The van der Waals surface area contributed by atoms with Crippen LogP contribution in [0.25, 0.3) is 0 Å². The first kappa shape index (κ1) is 22.2. The van der Waals surface area contributed by atoms with Crippen LogP contribution in [0.15, 0.2) is 23.3 Å². The van der Waals surface area contributed by atoms with Crippen molar-refractivity contribution < 1.29 is 5.11 Å². The summed E-state index contributed by atoms with van der Waals surface area (Å²) in [5, 5.41) is 10.8. The molecule has 5 rings (SSSR count). The van der Waals surface area contributed by atoms with Crippen molar-refractivity contribution in [3.8, 4) is 0 Å². The van der Waals surface area contributed by atoms with Crippen LogP contribution in [0.4, 0.5) is 0 Å². The Morgan fingerprint density at radius 3 is 2.42 bits per heavy atom. The normalized spacial score (nSPS) is 50.3. The highest BCUT2D eigenvalue weighted by molar-refractivity contribution is 5.37. The number of aliphatic hydroxyl groups is 1. The number of fused-ring (bicyclic) bond motifs is 2. The highest BCUT2D eigenvalue weighted by atomic mass is 16.3. The van der Waals surface area contributed by atoms with Gasteiger partial charge >= 0.3 is 0 Å². The molecule has 31 heavy (non-hydrogen) atoms. The van der Waals surface area contributed by atoms with Gasteiger partial charge < -0.3 is 5.11 Å². The molecule has 5 aliphatic rings. The van der Waals surface area contributed by atoms with Gasteiger partial charge in [-0.2, -0.15) is 0 Å². The van der Waals surface area contributed by atoms with Gasteiger partial charge in [0, 0.05) is 0 Å². The number of allylic oxidation sites excluding steroid dienone is 4. The van der Waals surface area contributed by atoms with E-state index in [0.29, 0.717) is 27.6 Å². The predicted molar refractivity (Wildman–Crippen MR) is 131 cm³/mol. The van der Waals surface area contributed by atoms with Gasteiger partial charge in [-0.3, -0.25) is 0 Å². The number of rotatable bonds is 4. The van der Waals surface area contributed by atoms with E-state index in [1.165, 1.54) is 63.4 Å². The van der Waals surface area contributed by atoms with Gasteiger partial charge in [-0.25, -0.2) is 0 Å². The van der Waals surface area contributed by atoms with Crippen LogP contribution in [0, 0.1) is 44.8 Å². The molecule has 0 aliphatic heterocycles. The molecule has 174 valence electrons. The second-order valence-electron chi connectivity index (χ2n) is 13.9. The van der Waals surface area contributed by atoms with E-state index in [4.69, 9.17) is 0 Å². The Balaban J connectivity index is 1.41. The Bertz CT molecular complexity index is 814. The highest BCUT2D eigenvalue weighted by Crippen LogP contribution is 2.88. The maximum atomic E-state index is 10.8. The van der Waals surface area contributed by atoms with E-state index >= 15 is 0 Å². The van der Waals surface area contributed by atoms with Gasteiger partial charge in [0.25, 0.3) is 0 Å². The molecule has 0 unspecified atom stereocenters. The topological polar surface area (TPSA) is 20.2 Å². The quantitative estimate of drug-likeness (QED) is 0.452. The average Bonchev–Trinajstić information content (AvgIpc) is 3.27. The SMILES string of the molecule is CC(C)=CCC[C@@H](C)C1=CC[C@@]2(C)[C@@H]3CC[C@H]4C(C)(C)[C@@H](O)CC[C@@]45C[C@@]35CC[C@]12C. The fourth-order valence-corrected chi connectivity index (χ4v) is 10.4. The van der Waals surface area contributed by atoms with Crippen molar-refractivity contribution >= 4 is 0 Å². The monoisotopic (exact) mass is 424 g/mol. The second kappa shape index (κ2) is 6.74. The molecule has 1 N–H and O–H groups in total. The lowest BCUT2D eigenvalue weighted by atomic mass is 9.41. The van der Waals surface area contributed by atoms with Crippen molar-refractivity contribution in [1.29, 1.82) is 0 Å². The minimum absolute atomic E-state index is 0.0943. The summed E-state index contributed by atoms with van der Waals surface area (Å²) in [6, 6.07) is 0. The molecule has 0 aromatic rings. The Hall–Kier alpha value is -0.560. The molecule has 0 saturated heterocycles. The van der Waals surface area contributed by atoms with Crippen LogP contribution in [0.5, 0.6) is 0 Å². The van der Waals surface area contributed by atoms with Crippen LogP contribution in [0.1, 0.15) is 113 Å². The first-order valence-corrected chi connectivity index (χ1v) is 13.5. The summed E-state index contributed by atoms with van der Waals surface area (Å²) >= 11 is 0. The molecule has 8 atom stereocenters. The van der Waals surface area contributed by atoms with E-state index in [-0.39, 0.29) is 11.5 Å². The summed E-state index contributed by atoms with van der Waals surface area (Å²) < 4.78 is 0. The van der Waals surface area contributed by atoms with Crippen molar-refractivity contribution in [3.63, 3.8) is 0 Å². The minimum atomic E-state index is -0.0943. The summed E-state index contributed by atoms with van der Waals surface area (Å²) in [5.41, 5.74) is 5.36. The number of hydrogen-bond donors (Lipinski definition) is 1. The van der Waals surface area contributed by atoms with Crippen LogP contribution in [-0.4, -0.2) is 11.2 Å². The lowest BCUT2D eigenvalue weighted by molar-refractivity contribution is -0.150. The van der Waals surface area contributed by atoms with Gasteiger partial charge in [-0.1, -0.05) is 57.9 Å². The molecule has 0 amide bonds. The molecule has 2 spiro atoms. The smallest absolute Gasteiger partial charge is 0.0594 e. The zero-order valence-electron chi connectivity index (χ0n) is 21.5. The Morgan fingerprint density at radius 2 is 1.71 bits per heavy atom. The molecule has 0 radical (unpaired) electrons. The fourth-order valence-electron chi connectivity index (χ4n) is 10.4. The molecule has 0 aromatic carbocycles. The minimum Gasteiger partial charge on any atom is -0.393 e. The largest absolute Gasteiger partial charge is 0.393 e. The lowest BCUT2D eigenvalue weighted by Gasteiger charge is -2.63. The highest BCUT2D eigenvalue weighted by Gasteiger charge is 2.81. The van der Waals surface area contributed by atoms with Gasteiger partial charge in [-0.05, 0) is 123 Å². The van der Waals surface area contributed by atoms with E-state index in [0.717, 1.165) is 18.3 Å². The molecule has 1 nitrogen and oxygen atoms in total. The van der Waals surface area contributed by atoms with Crippen LogP contribution < -0.4 is 0 Å². The van der Waals surface area contributed by atoms with Crippen LogP contribution in [0.3, 0.4) is 0 Å². The zero-order chi connectivity index (χ0) is 22.4. The van der Waals surface area contributed by atoms with Crippen LogP contribution in [0.2, 0.25) is 0 Å². The Kier molecular flexibility index (Phi) is 4.84. The average molecular weight is 425 g/mol. The van der Waals surface area contributed by atoms with Crippen molar-refractivity contribution in [1.82, 2.24) is 0 Å². The summed E-state index contributed by atoms with van der Waals surface area (Å²) in [6.07, 6.45) is 18.3. The van der Waals surface area contributed by atoms with Gasteiger partial charge in [0.15, 0.2) is 0 Å². The number of aliphatic hydroxyl groups excluding tert-OH is 1. The van der Waals surface area contributed by atoms with Crippen LogP contribution >= 0.6 is 0 Å². The van der Waals surface area contributed by atoms with Crippen molar-refractivity contribution in [3.05, 3.63) is 23.3 Å². The molecule has 0 heterocycles. The van der Waals surface area contributed by atoms with E-state index in [1.807, 2.05) is 5.57 Å². The summed E-state index contributed by atoms with van der Waals surface area (Å²) in [4.78, 5) is 0. The molecule has 1 heteroatoms. The second-order valence-corrected chi connectivity index (χ2v) is 13.9. The van der Waals surface area contributed by atoms with E-state index in [9.17, 15) is 5.11 Å². The molecule has 0 aromatic heterocycles. The molecular weight excluding hydrogens is 376 g/mol. The fraction of sp³-hybridized carbons (Fsp3) is 0.867. The van der Waals surface area contributed by atoms with E-state index in [1.54, 1.807) is 0 Å². The third-order valence-corrected chi connectivity index (χ3v) is 12.4. The first-order valence-electron chi connectivity index (χ1n) is 13.5.